The lowest BCUT2D eigenvalue weighted by molar-refractivity contribution is -0.131. The number of rotatable bonds is 3. The summed E-state index contributed by atoms with van der Waals surface area (Å²) in [7, 11) is 0. The second kappa shape index (κ2) is 6.64. The van der Waals surface area contributed by atoms with Crippen LogP contribution in [0.25, 0.3) is 0 Å². The van der Waals surface area contributed by atoms with E-state index in [1.54, 1.807) is 36.4 Å². The normalized spacial score (nSPS) is 15.4. The summed E-state index contributed by atoms with van der Waals surface area (Å²) in [4.78, 5) is 37.1. The number of primary amides is 1. The minimum Gasteiger partial charge on any atom is -0.424 e. The molecule has 1 aliphatic rings. The molecule has 25 heavy (non-hydrogen) atoms. The summed E-state index contributed by atoms with van der Waals surface area (Å²) in [6, 6.07) is 12.5. The summed E-state index contributed by atoms with van der Waals surface area (Å²) in [6.45, 7) is 1.28. The molecule has 3 rings (SSSR count). The Balaban J connectivity index is 1.90. The minimum absolute atomic E-state index is 0.228. The van der Waals surface area contributed by atoms with Crippen LogP contribution in [0.1, 0.15) is 12.5 Å². The Morgan fingerprint density at radius 2 is 1.80 bits per heavy atom. The Labute approximate surface area is 144 Å². The van der Waals surface area contributed by atoms with Crippen LogP contribution in [-0.4, -0.2) is 23.9 Å². The molecule has 7 heteroatoms. The fourth-order valence-electron chi connectivity index (χ4n) is 2.85. The van der Waals surface area contributed by atoms with Crippen LogP contribution >= 0.6 is 0 Å². The number of nitrogens with one attached hydrogen (secondary N) is 1. The molecule has 0 radical (unpaired) electrons. The number of hydrogen-bond donors (Lipinski definition) is 2. The lowest BCUT2D eigenvalue weighted by Crippen LogP contribution is -2.47. The highest BCUT2D eigenvalue weighted by molar-refractivity contribution is 6.08. The van der Waals surface area contributed by atoms with Crippen molar-refractivity contribution in [3.63, 3.8) is 0 Å². The van der Waals surface area contributed by atoms with Gasteiger partial charge in [-0.25, -0.2) is 4.79 Å². The van der Waals surface area contributed by atoms with Crippen molar-refractivity contribution >= 4 is 29.3 Å². The number of carbonyl (C=O) groups is 3. The predicted molar refractivity (Wildman–Crippen MR) is 92.4 cm³/mol. The van der Waals surface area contributed by atoms with E-state index in [0.717, 1.165) is 5.56 Å². The van der Waals surface area contributed by atoms with Crippen LogP contribution in [0.4, 0.5) is 16.2 Å². The first-order chi connectivity index (χ1) is 12.0. The van der Waals surface area contributed by atoms with E-state index in [2.05, 4.69) is 5.32 Å². The first-order valence-electron chi connectivity index (χ1n) is 7.72. The molecule has 3 amide bonds. The van der Waals surface area contributed by atoms with E-state index in [0.29, 0.717) is 17.8 Å². The number of carbonyl (C=O) groups excluding carboxylic acids is 3. The van der Waals surface area contributed by atoms with E-state index in [1.165, 1.54) is 11.8 Å². The van der Waals surface area contributed by atoms with Crippen molar-refractivity contribution < 1.29 is 19.1 Å². The fourth-order valence-corrected chi connectivity index (χ4v) is 2.85. The second-order valence-corrected chi connectivity index (χ2v) is 5.64. The average molecular weight is 339 g/mol. The van der Waals surface area contributed by atoms with E-state index in [9.17, 15) is 14.4 Å². The largest absolute Gasteiger partial charge is 0.424 e. The Morgan fingerprint density at radius 3 is 2.52 bits per heavy atom. The van der Waals surface area contributed by atoms with Crippen molar-refractivity contribution in [2.24, 2.45) is 5.73 Å². The molecule has 0 saturated heterocycles. The first-order valence-corrected chi connectivity index (χ1v) is 7.72. The molecule has 0 fully saturated rings. The van der Waals surface area contributed by atoms with E-state index in [1.807, 2.05) is 12.1 Å². The van der Waals surface area contributed by atoms with Gasteiger partial charge in [0, 0.05) is 19.0 Å². The van der Waals surface area contributed by atoms with Crippen LogP contribution < -0.4 is 20.7 Å². The predicted octanol–water partition coefficient (Wildman–Crippen LogP) is 2.06. The van der Waals surface area contributed by atoms with E-state index >= 15 is 0 Å². The van der Waals surface area contributed by atoms with Crippen molar-refractivity contribution in [2.75, 3.05) is 10.2 Å². The van der Waals surface area contributed by atoms with Crippen LogP contribution in [0.15, 0.2) is 48.5 Å². The molecule has 1 heterocycles. The molecule has 0 aliphatic carbocycles. The Kier molecular flexibility index (Phi) is 4.38. The highest BCUT2D eigenvalue weighted by Crippen LogP contribution is 2.33. The van der Waals surface area contributed by atoms with Gasteiger partial charge < -0.3 is 15.8 Å². The smallest absolute Gasteiger partial charge is 0.327 e. The third-order valence-electron chi connectivity index (χ3n) is 3.91. The number of anilines is 2. The van der Waals surface area contributed by atoms with Crippen molar-refractivity contribution in [3.8, 4) is 5.75 Å². The van der Waals surface area contributed by atoms with Gasteiger partial charge in [0.15, 0.2) is 5.75 Å². The molecule has 1 unspecified atom stereocenters. The summed E-state index contributed by atoms with van der Waals surface area (Å²) in [6.07, 6.45) is 0.366. The van der Waals surface area contributed by atoms with E-state index in [4.69, 9.17) is 10.5 Å². The number of hydrogen-bond acceptors (Lipinski definition) is 4. The average Bonchev–Trinajstić information content (AvgIpc) is 2.96. The number of urea groups is 1. The maximum absolute atomic E-state index is 12.8. The topological polar surface area (TPSA) is 102 Å². The lowest BCUT2D eigenvalue weighted by atomic mass is 10.1. The molecule has 0 saturated carbocycles. The summed E-state index contributed by atoms with van der Waals surface area (Å²) in [5, 5.41) is 2.69. The van der Waals surface area contributed by atoms with Gasteiger partial charge in [-0.05, 0) is 23.8 Å². The molecule has 3 N–H and O–H groups in total. The van der Waals surface area contributed by atoms with Gasteiger partial charge in [-0.15, -0.1) is 0 Å². The van der Waals surface area contributed by atoms with E-state index in [-0.39, 0.29) is 5.75 Å². The zero-order valence-corrected chi connectivity index (χ0v) is 13.6. The first kappa shape index (κ1) is 16.5. The molecular weight excluding hydrogens is 322 g/mol. The van der Waals surface area contributed by atoms with Crippen LogP contribution in [0.3, 0.4) is 0 Å². The summed E-state index contributed by atoms with van der Waals surface area (Å²) in [5.74, 6) is -0.852. The molecule has 2 aromatic rings. The number of amides is 3. The number of ether oxygens (including phenoxy) is 1. The van der Waals surface area contributed by atoms with Gasteiger partial charge in [0.05, 0.1) is 5.69 Å². The molecule has 1 atom stereocenters. The number of esters is 1. The third-order valence-corrected chi connectivity index (χ3v) is 3.91. The van der Waals surface area contributed by atoms with Gasteiger partial charge in [-0.2, -0.15) is 0 Å². The number of fused-ring (bicyclic) bond motifs is 1. The quantitative estimate of drug-likeness (QED) is 0.660. The van der Waals surface area contributed by atoms with E-state index < -0.39 is 23.9 Å². The van der Waals surface area contributed by atoms with Gasteiger partial charge in [0.2, 0.25) is 5.91 Å². The second-order valence-electron chi connectivity index (χ2n) is 5.64. The summed E-state index contributed by atoms with van der Waals surface area (Å²) in [5.41, 5.74) is 7.30. The van der Waals surface area contributed by atoms with Gasteiger partial charge >= 0.3 is 12.0 Å². The molecule has 1 aliphatic heterocycles. The third kappa shape index (κ3) is 3.30. The van der Waals surface area contributed by atoms with Gasteiger partial charge in [-0.3, -0.25) is 14.5 Å². The highest BCUT2D eigenvalue weighted by Gasteiger charge is 2.37. The minimum atomic E-state index is -0.765. The Morgan fingerprint density at radius 1 is 1.12 bits per heavy atom. The fraction of sp³-hybridized carbons (Fsp3) is 0.167. The summed E-state index contributed by atoms with van der Waals surface area (Å²) >= 11 is 0. The maximum Gasteiger partial charge on any atom is 0.327 e. The molecule has 0 aromatic heterocycles. The molecule has 0 spiro atoms. The van der Waals surface area contributed by atoms with Crippen molar-refractivity contribution in [1.29, 1.82) is 0 Å². The molecule has 128 valence electrons. The van der Waals surface area contributed by atoms with Gasteiger partial charge in [-0.1, -0.05) is 30.3 Å². The Bertz CT molecular complexity index is 850. The summed E-state index contributed by atoms with van der Waals surface area (Å²) < 4.78 is 5.09. The number of benzene rings is 2. The SMILES string of the molecule is CC(=O)Oc1ccccc1NC(=O)N1c2ccccc2CC1C(N)=O. The lowest BCUT2D eigenvalue weighted by Gasteiger charge is -2.24. The van der Waals surface area contributed by atoms with Crippen molar-refractivity contribution in [1.82, 2.24) is 0 Å². The maximum atomic E-state index is 12.8. The van der Waals surface area contributed by atoms with Gasteiger partial charge in [0.25, 0.3) is 0 Å². The Hall–Kier alpha value is -3.35. The van der Waals surface area contributed by atoms with Crippen LogP contribution in [-0.2, 0) is 16.0 Å². The molecule has 2 aromatic carbocycles. The number of para-hydroxylation sites is 3. The van der Waals surface area contributed by atoms with Crippen molar-refractivity contribution in [3.05, 3.63) is 54.1 Å². The van der Waals surface area contributed by atoms with Crippen LogP contribution in [0.2, 0.25) is 0 Å². The van der Waals surface area contributed by atoms with Crippen LogP contribution in [0, 0.1) is 0 Å². The highest BCUT2D eigenvalue weighted by atomic mass is 16.5. The number of nitrogens with zero attached hydrogens (tertiary/aromatic N) is 1. The van der Waals surface area contributed by atoms with Gasteiger partial charge in [0.1, 0.15) is 6.04 Å². The van der Waals surface area contributed by atoms with Crippen LogP contribution in [0.5, 0.6) is 5.75 Å². The van der Waals surface area contributed by atoms with Crippen molar-refractivity contribution in [2.45, 2.75) is 19.4 Å². The zero-order valence-electron chi connectivity index (χ0n) is 13.6. The molecular formula is C18H17N3O4. The number of nitrogens with two attached hydrogens (primary N) is 1. The molecule has 0 bridgehead atoms. The molecule has 7 nitrogen and oxygen atoms in total. The monoisotopic (exact) mass is 339 g/mol. The standard InChI is InChI=1S/C18H17N3O4/c1-11(22)25-16-9-5-3-7-13(16)20-18(24)21-14-8-4-2-6-12(14)10-15(21)17(19)23/h2-9,15H,10H2,1H3,(H2,19,23)(H,20,24). The zero-order chi connectivity index (χ0) is 18.0.